The molecule has 3 heterocycles. The number of halogens is 6. The molecule has 1 aromatic heterocycles. The van der Waals surface area contributed by atoms with Crippen LogP contribution in [0.15, 0.2) is 90.6 Å². The fourth-order valence-corrected chi connectivity index (χ4v) is 9.17. The molecule has 2 aliphatic heterocycles. The van der Waals surface area contributed by atoms with Crippen LogP contribution in [0.3, 0.4) is 0 Å². The molecule has 0 spiro atoms. The van der Waals surface area contributed by atoms with Gasteiger partial charge < -0.3 is 5.11 Å². The number of non-ortho nitro benzene ring substituents is 1. The molecule has 2 aliphatic carbocycles. The lowest BCUT2D eigenvalue weighted by Gasteiger charge is -2.50. The number of nitro groups is 1. The Labute approximate surface area is 323 Å². The van der Waals surface area contributed by atoms with Gasteiger partial charge in [0.15, 0.2) is 17.4 Å². The van der Waals surface area contributed by atoms with Gasteiger partial charge in [0.05, 0.1) is 44.4 Å². The fraction of sp³-hybridized carbons (Fsp3) is 0.237. The van der Waals surface area contributed by atoms with E-state index >= 15 is 9.18 Å². The summed E-state index contributed by atoms with van der Waals surface area (Å²) in [5, 5.41) is 21.8. The zero-order valence-electron chi connectivity index (χ0n) is 28.3. The van der Waals surface area contributed by atoms with Crippen LogP contribution >= 0.6 is 23.2 Å². The number of nitrogens with one attached hydrogen (secondary N) is 1. The molecular formula is C38H25Cl2F4N5O7. The van der Waals surface area contributed by atoms with Crippen LogP contribution in [-0.2, 0) is 30.8 Å². The molecule has 0 bridgehead atoms. The highest BCUT2D eigenvalue weighted by atomic mass is 35.5. The van der Waals surface area contributed by atoms with E-state index < -0.39 is 97.7 Å². The second kappa shape index (κ2) is 13.1. The number of hydrazine groups is 1. The molecule has 286 valence electrons. The summed E-state index contributed by atoms with van der Waals surface area (Å²) in [6, 6.07) is 14.9. The van der Waals surface area contributed by atoms with Crippen molar-refractivity contribution in [2.24, 2.45) is 23.7 Å². The minimum Gasteiger partial charge on any atom is -0.505 e. The lowest BCUT2D eigenvalue weighted by Crippen LogP contribution is -2.53. The fourth-order valence-electron chi connectivity index (χ4n) is 8.84. The maximum atomic E-state index is 15.3. The van der Waals surface area contributed by atoms with E-state index in [0.717, 1.165) is 29.2 Å². The quantitative estimate of drug-likeness (QED) is 0.0667. The van der Waals surface area contributed by atoms with E-state index in [9.17, 15) is 42.8 Å². The lowest BCUT2D eigenvalue weighted by atomic mass is 9.49. The van der Waals surface area contributed by atoms with Crippen LogP contribution < -0.4 is 10.3 Å². The molecule has 1 saturated carbocycles. The van der Waals surface area contributed by atoms with Crippen molar-refractivity contribution in [2.75, 3.05) is 10.3 Å². The van der Waals surface area contributed by atoms with E-state index in [1.165, 1.54) is 42.5 Å². The standard InChI is InChI=1S/C38H25Cl2F4N5O7/c39-20-4-2-18(3-5-20)37-26(34(52)48(36(37)54)46-32-27(40)14-19(16-45-32)38(42,43)44)15-25-23(31(37)17-1-12-29(50)28(41)13-17)10-11-24-30(25)35(53)47(33(24)51)21-6-8-22(9-7-21)49(55)56/h1-10,12-14,16,24-26,30-31,50H,11,15H2,(H,45,46). The largest absolute Gasteiger partial charge is 0.505 e. The number of phenolic OH excluding ortho intramolecular Hbond substituents is 1. The average Bonchev–Trinajstić information content (AvgIpc) is 3.54. The molecule has 4 aromatic rings. The van der Waals surface area contributed by atoms with Crippen LogP contribution in [0.1, 0.15) is 35.4 Å². The third kappa shape index (κ3) is 5.52. The van der Waals surface area contributed by atoms with Crippen molar-refractivity contribution in [1.29, 1.82) is 0 Å². The summed E-state index contributed by atoms with van der Waals surface area (Å²) in [6.45, 7) is 0. The number of carbonyl (C=O) groups excluding carboxylic acids is 4. The maximum Gasteiger partial charge on any atom is 0.417 e. The molecule has 6 atom stereocenters. The Balaban J connectivity index is 1.29. The number of nitro benzene ring substituents is 1. The van der Waals surface area contributed by atoms with E-state index in [1.807, 2.05) is 0 Å². The monoisotopic (exact) mass is 809 g/mol. The number of benzene rings is 3. The van der Waals surface area contributed by atoms with E-state index in [1.54, 1.807) is 6.08 Å². The van der Waals surface area contributed by atoms with Crippen molar-refractivity contribution in [3.8, 4) is 5.75 Å². The third-order valence-corrected chi connectivity index (χ3v) is 11.7. The summed E-state index contributed by atoms with van der Waals surface area (Å²) in [7, 11) is 0. The summed E-state index contributed by atoms with van der Waals surface area (Å²) in [5.74, 6) is -10.7. The summed E-state index contributed by atoms with van der Waals surface area (Å²) in [4.78, 5) is 73.6. The topological polar surface area (TPSA) is 163 Å². The van der Waals surface area contributed by atoms with Gasteiger partial charge in [0.2, 0.25) is 11.8 Å². The van der Waals surface area contributed by atoms with Gasteiger partial charge in [0.1, 0.15) is 0 Å². The lowest BCUT2D eigenvalue weighted by molar-refractivity contribution is -0.384. The Morgan fingerprint density at radius 3 is 2.25 bits per heavy atom. The van der Waals surface area contributed by atoms with Crippen molar-refractivity contribution in [3.63, 3.8) is 0 Å². The predicted octanol–water partition coefficient (Wildman–Crippen LogP) is 7.35. The maximum absolute atomic E-state index is 15.3. The first-order valence-electron chi connectivity index (χ1n) is 17.0. The average molecular weight is 811 g/mol. The van der Waals surface area contributed by atoms with Gasteiger partial charge in [-0.2, -0.15) is 18.2 Å². The molecule has 3 aromatic carbocycles. The number of aromatic nitrogens is 1. The van der Waals surface area contributed by atoms with Crippen LogP contribution in [0.5, 0.6) is 5.75 Å². The molecule has 4 aliphatic rings. The molecule has 4 amide bonds. The number of hydrogen-bond donors (Lipinski definition) is 2. The number of aromatic hydroxyl groups is 1. The van der Waals surface area contributed by atoms with Crippen LogP contribution in [-0.4, -0.2) is 43.7 Å². The highest BCUT2D eigenvalue weighted by Crippen LogP contribution is 2.64. The summed E-state index contributed by atoms with van der Waals surface area (Å²) in [5.41, 5.74) is 0.0529. The van der Waals surface area contributed by atoms with E-state index in [2.05, 4.69) is 10.4 Å². The van der Waals surface area contributed by atoms with E-state index in [0.29, 0.717) is 22.8 Å². The smallest absolute Gasteiger partial charge is 0.417 e. The molecule has 12 nitrogen and oxygen atoms in total. The van der Waals surface area contributed by atoms with E-state index in [4.69, 9.17) is 23.2 Å². The summed E-state index contributed by atoms with van der Waals surface area (Å²) >= 11 is 12.5. The number of allylic oxidation sites excluding steroid dienone is 2. The van der Waals surface area contributed by atoms with Gasteiger partial charge in [-0.15, -0.1) is 0 Å². The highest BCUT2D eigenvalue weighted by Gasteiger charge is 2.70. The number of imide groups is 2. The zero-order valence-corrected chi connectivity index (χ0v) is 29.8. The van der Waals surface area contributed by atoms with E-state index in [-0.39, 0.29) is 40.4 Å². The minimum atomic E-state index is -4.80. The Hall–Kier alpha value is -5.87. The highest BCUT2D eigenvalue weighted by molar-refractivity contribution is 6.33. The molecule has 18 heteroatoms. The number of rotatable bonds is 6. The number of hydrogen-bond acceptors (Lipinski definition) is 9. The Morgan fingerprint density at radius 1 is 0.929 bits per heavy atom. The van der Waals surface area contributed by atoms with Crippen LogP contribution in [0.4, 0.5) is 34.8 Å². The first-order chi connectivity index (χ1) is 26.5. The van der Waals surface area contributed by atoms with Gasteiger partial charge in [-0.3, -0.25) is 39.6 Å². The van der Waals surface area contributed by atoms with Crippen LogP contribution in [0, 0.1) is 39.6 Å². The number of carbonyl (C=O) groups is 4. The zero-order chi connectivity index (χ0) is 40.0. The van der Waals surface area contributed by atoms with Crippen LogP contribution in [0.25, 0.3) is 0 Å². The normalized spacial score (nSPS) is 25.8. The van der Waals surface area contributed by atoms with Gasteiger partial charge in [-0.1, -0.05) is 53.1 Å². The van der Waals surface area contributed by atoms with Crippen molar-refractivity contribution >= 4 is 64.0 Å². The van der Waals surface area contributed by atoms with Crippen molar-refractivity contribution in [3.05, 3.63) is 133 Å². The number of anilines is 2. The predicted molar refractivity (Wildman–Crippen MR) is 191 cm³/mol. The number of fused-ring (bicyclic) bond motifs is 4. The number of phenols is 1. The summed E-state index contributed by atoms with van der Waals surface area (Å²) < 4.78 is 55.6. The molecule has 3 fully saturated rings. The summed E-state index contributed by atoms with van der Waals surface area (Å²) in [6.07, 6.45) is -2.83. The van der Waals surface area contributed by atoms with Gasteiger partial charge in [0.25, 0.3) is 17.5 Å². The van der Waals surface area contributed by atoms with Gasteiger partial charge >= 0.3 is 6.18 Å². The molecule has 8 rings (SSSR count). The molecule has 6 unspecified atom stereocenters. The van der Waals surface area contributed by atoms with Crippen LogP contribution in [0.2, 0.25) is 10.0 Å². The first-order valence-corrected chi connectivity index (χ1v) is 17.7. The molecule has 56 heavy (non-hydrogen) atoms. The van der Waals surface area contributed by atoms with Gasteiger partial charge in [-0.25, -0.2) is 9.37 Å². The molecular weight excluding hydrogens is 785 g/mol. The molecule has 2 saturated heterocycles. The van der Waals surface area contributed by atoms with Gasteiger partial charge in [-0.05, 0) is 72.4 Å². The Bertz CT molecular complexity index is 2410. The Kier molecular flexibility index (Phi) is 8.69. The number of nitrogens with zero attached hydrogens (tertiary/aromatic N) is 4. The minimum absolute atomic E-state index is 0.00182. The van der Waals surface area contributed by atoms with Gasteiger partial charge in [0, 0.05) is 29.3 Å². The SMILES string of the molecule is O=C1C2CC3C(=CCC4C(=O)N(c5ccc([N+](=O)[O-])cc5)C(=O)C43)C(c3ccc(O)c(F)c3)C2(c2ccc(Cl)cc2)C(=O)N1Nc1ncc(C(F)(F)F)cc1Cl. The van der Waals surface area contributed by atoms with Crippen molar-refractivity contribution in [2.45, 2.75) is 30.4 Å². The molecule has 0 radical (unpaired) electrons. The number of alkyl halides is 3. The number of amides is 4. The van der Waals surface area contributed by atoms with Crippen molar-refractivity contribution < 1.29 is 46.8 Å². The second-order valence-electron chi connectivity index (χ2n) is 13.9. The third-order valence-electron chi connectivity index (χ3n) is 11.2. The first kappa shape index (κ1) is 37.1. The van der Waals surface area contributed by atoms with Crippen molar-refractivity contribution in [1.82, 2.24) is 9.99 Å². The Morgan fingerprint density at radius 2 is 1.62 bits per heavy atom. The second-order valence-corrected chi connectivity index (χ2v) is 14.8. The molecule has 2 N–H and O–H groups in total. The number of pyridine rings is 1.